The van der Waals surface area contributed by atoms with E-state index in [2.05, 4.69) is 27.0 Å². The SMILES string of the molecule is COC(=O)c1ccc(CN(C)CC2CCNCC2)nc1. The Balaban J connectivity index is 1.84. The van der Waals surface area contributed by atoms with E-state index in [9.17, 15) is 4.79 Å². The van der Waals surface area contributed by atoms with E-state index < -0.39 is 0 Å². The van der Waals surface area contributed by atoms with Crippen molar-refractivity contribution in [2.45, 2.75) is 19.4 Å². The van der Waals surface area contributed by atoms with Gasteiger partial charge in [-0.25, -0.2) is 4.79 Å². The first kappa shape index (κ1) is 14.9. The number of piperidine rings is 1. The molecule has 110 valence electrons. The third-order valence-electron chi connectivity index (χ3n) is 3.71. The average Bonchev–Trinajstić information content (AvgIpc) is 2.48. The molecule has 0 aliphatic carbocycles. The summed E-state index contributed by atoms with van der Waals surface area (Å²) in [5.41, 5.74) is 1.48. The minimum atomic E-state index is -0.341. The van der Waals surface area contributed by atoms with Crippen molar-refractivity contribution < 1.29 is 9.53 Å². The Morgan fingerprint density at radius 2 is 2.20 bits per heavy atom. The maximum absolute atomic E-state index is 11.3. The van der Waals surface area contributed by atoms with Gasteiger partial charge in [-0.3, -0.25) is 4.98 Å². The minimum Gasteiger partial charge on any atom is -0.465 e. The van der Waals surface area contributed by atoms with Crippen molar-refractivity contribution in [3.63, 3.8) is 0 Å². The third-order valence-corrected chi connectivity index (χ3v) is 3.71. The number of carbonyl (C=O) groups excluding carboxylic acids is 1. The lowest BCUT2D eigenvalue weighted by molar-refractivity contribution is 0.0600. The zero-order valence-electron chi connectivity index (χ0n) is 12.3. The van der Waals surface area contributed by atoms with E-state index in [0.29, 0.717) is 5.56 Å². The predicted molar refractivity (Wildman–Crippen MR) is 77.5 cm³/mol. The molecule has 0 amide bonds. The molecule has 2 heterocycles. The fourth-order valence-electron chi connectivity index (χ4n) is 2.60. The molecule has 1 fully saturated rings. The lowest BCUT2D eigenvalue weighted by atomic mass is 9.98. The van der Waals surface area contributed by atoms with E-state index in [0.717, 1.165) is 37.8 Å². The van der Waals surface area contributed by atoms with Gasteiger partial charge in [0.1, 0.15) is 0 Å². The highest BCUT2D eigenvalue weighted by molar-refractivity contribution is 5.88. The Morgan fingerprint density at radius 1 is 1.45 bits per heavy atom. The van der Waals surface area contributed by atoms with E-state index in [1.807, 2.05) is 6.07 Å². The number of pyridine rings is 1. The molecule has 0 saturated carbocycles. The summed E-state index contributed by atoms with van der Waals surface area (Å²) in [5, 5.41) is 3.39. The summed E-state index contributed by atoms with van der Waals surface area (Å²) in [7, 11) is 3.50. The first-order chi connectivity index (χ1) is 9.69. The van der Waals surface area contributed by atoms with Crippen LogP contribution < -0.4 is 5.32 Å². The second kappa shape index (κ2) is 7.36. The molecule has 0 unspecified atom stereocenters. The van der Waals surface area contributed by atoms with Gasteiger partial charge in [-0.2, -0.15) is 0 Å². The highest BCUT2D eigenvalue weighted by Gasteiger charge is 2.15. The third kappa shape index (κ3) is 4.28. The topological polar surface area (TPSA) is 54.5 Å². The molecule has 1 aliphatic rings. The summed E-state index contributed by atoms with van der Waals surface area (Å²) in [5.74, 6) is 0.433. The van der Waals surface area contributed by atoms with E-state index >= 15 is 0 Å². The van der Waals surface area contributed by atoms with Gasteiger partial charge in [0.2, 0.25) is 0 Å². The van der Waals surface area contributed by atoms with Crippen molar-refractivity contribution in [1.29, 1.82) is 0 Å². The summed E-state index contributed by atoms with van der Waals surface area (Å²) < 4.78 is 4.66. The van der Waals surface area contributed by atoms with Gasteiger partial charge in [0.05, 0.1) is 18.4 Å². The van der Waals surface area contributed by atoms with Gasteiger partial charge in [-0.1, -0.05) is 0 Å². The number of carbonyl (C=O) groups is 1. The molecule has 2 rings (SSSR count). The van der Waals surface area contributed by atoms with E-state index in [1.54, 1.807) is 12.3 Å². The van der Waals surface area contributed by atoms with Crippen LogP contribution >= 0.6 is 0 Å². The molecule has 0 bridgehead atoms. The number of aromatic nitrogens is 1. The molecule has 0 spiro atoms. The van der Waals surface area contributed by atoms with Crippen molar-refractivity contribution in [3.8, 4) is 0 Å². The molecule has 0 aromatic carbocycles. The Labute approximate surface area is 120 Å². The second-order valence-electron chi connectivity index (χ2n) is 5.42. The van der Waals surface area contributed by atoms with Gasteiger partial charge in [0.15, 0.2) is 0 Å². The number of hydrogen-bond donors (Lipinski definition) is 1. The molecule has 1 aromatic rings. The average molecular weight is 277 g/mol. The summed E-state index contributed by atoms with van der Waals surface area (Å²) >= 11 is 0. The molecular formula is C15H23N3O2. The van der Waals surface area contributed by atoms with Crippen LogP contribution in [0.3, 0.4) is 0 Å². The number of ether oxygens (including phenoxy) is 1. The van der Waals surface area contributed by atoms with Crippen LogP contribution in [0.25, 0.3) is 0 Å². The number of rotatable bonds is 5. The normalized spacial score (nSPS) is 16.4. The van der Waals surface area contributed by atoms with Gasteiger partial charge >= 0.3 is 5.97 Å². The van der Waals surface area contributed by atoms with Crippen LogP contribution in [0.15, 0.2) is 18.3 Å². The van der Waals surface area contributed by atoms with Crippen LogP contribution in [0.2, 0.25) is 0 Å². The molecule has 1 aliphatic heterocycles. The van der Waals surface area contributed by atoms with Gasteiger partial charge < -0.3 is 15.0 Å². The summed E-state index contributed by atoms with van der Waals surface area (Å²) in [6.45, 7) is 4.17. The zero-order chi connectivity index (χ0) is 14.4. The van der Waals surface area contributed by atoms with Crippen molar-refractivity contribution in [1.82, 2.24) is 15.2 Å². The Morgan fingerprint density at radius 3 is 2.80 bits per heavy atom. The highest BCUT2D eigenvalue weighted by atomic mass is 16.5. The van der Waals surface area contributed by atoms with Crippen LogP contribution in [0.5, 0.6) is 0 Å². The molecular weight excluding hydrogens is 254 g/mol. The van der Waals surface area contributed by atoms with Gasteiger partial charge in [-0.05, 0) is 51.0 Å². The Kier molecular flexibility index (Phi) is 5.49. The molecule has 5 nitrogen and oxygen atoms in total. The smallest absolute Gasteiger partial charge is 0.339 e. The molecule has 1 saturated heterocycles. The largest absolute Gasteiger partial charge is 0.465 e. The monoisotopic (exact) mass is 277 g/mol. The van der Waals surface area contributed by atoms with E-state index in [-0.39, 0.29) is 5.97 Å². The summed E-state index contributed by atoms with van der Waals surface area (Å²) in [6, 6.07) is 3.66. The minimum absolute atomic E-state index is 0.341. The van der Waals surface area contributed by atoms with Crippen molar-refractivity contribution >= 4 is 5.97 Å². The highest BCUT2D eigenvalue weighted by Crippen LogP contribution is 2.14. The van der Waals surface area contributed by atoms with Crippen LogP contribution in [0.4, 0.5) is 0 Å². The predicted octanol–water partition coefficient (Wildman–Crippen LogP) is 1.30. The lowest BCUT2D eigenvalue weighted by Gasteiger charge is -2.27. The first-order valence-corrected chi connectivity index (χ1v) is 7.11. The standard InChI is InChI=1S/C15H23N3O2/c1-18(10-12-5-7-16-8-6-12)11-14-4-3-13(9-17-14)15(19)20-2/h3-4,9,12,16H,5-8,10-11H2,1-2H3. The Bertz CT molecular complexity index is 427. The van der Waals surface area contributed by atoms with Crippen molar-refractivity contribution in [2.75, 3.05) is 33.8 Å². The van der Waals surface area contributed by atoms with Crippen LogP contribution in [-0.4, -0.2) is 49.6 Å². The number of hydrogen-bond acceptors (Lipinski definition) is 5. The maximum atomic E-state index is 11.3. The van der Waals surface area contributed by atoms with Crippen LogP contribution in [0.1, 0.15) is 28.9 Å². The fraction of sp³-hybridized carbons (Fsp3) is 0.600. The van der Waals surface area contributed by atoms with E-state index in [4.69, 9.17) is 0 Å². The van der Waals surface area contributed by atoms with Crippen molar-refractivity contribution in [2.24, 2.45) is 5.92 Å². The van der Waals surface area contributed by atoms with Crippen LogP contribution in [-0.2, 0) is 11.3 Å². The maximum Gasteiger partial charge on any atom is 0.339 e. The van der Waals surface area contributed by atoms with Gasteiger partial charge in [-0.15, -0.1) is 0 Å². The summed E-state index contributed by atoms with van der Waals surface area (Å²) in [6.07, 6.45) is 4.08. The molecule has 1 aromatic heterocycles. The van der Waals surface area contributed by atoms with Crippen LogP contribution in [0, 0.1) is 5.92 Å². The van der Waals surface area contributed by atoms with Crippen molar-refractivity contribution in [3.05, 3.63) is 29.6 Å². The fourth-order valence-corrected chi connectivity index (χ4v) is 2.60. The number of methoxy groups -OCH3 is 1. The van der Waals surface area contributed by atoms with E-state index in [1.165, 1.54) is 20.0 Å². The molecule has 0 radical (unpaired) electrons. The molecule has 0 atom stereocenters. The number of esters is 1. The van der Waals surface area contributed by atoms with Gasteiger partial charge in [0, 0.05) is 19.3 Å². The molecule has 5 heteroatoms. The zero-order valence-corrected chi connectivity index (χ0v) is 12.3. The van der Waals surface area contributed by atoms with Gasteiger partial charge in [0.25, 0.3) is 0 Å². The number of nitrogens with zero attached hydrogens (tertiary/aromatic N) is 2. The summed E-state index contributed by atoms with van der Waals surface area (Å²) in [4.78, 5) is 18.0. The quantitative estimate of drug-likeness (QED) is 0.822. The first-order valence-electron chi connectivity index (χ1n) is 7.11. The molecule has 1 N–H and O–H groups in total. The second-order valence-corrected chi connectivity index (χ2v) is 5.42. The lowest BCUT2D eigenvalue weighted by Crippen LogP contribution is -2.34. The number of nitrogens with one attached hydrogen (secondary N) is 1. The Hall–Kier alpha value is -1.46. The molecule has 20 heavy (non-hydrogen) atoms.